The minimum Gasteiger partial charge on any atom is -0.307 e. The van der Waals surface area contributed by atoms with E-state index in [1.807, 2.05) is 26.4 Å². The number of hydrogen-bond donors (Lipinski definition) is 0. The molecule has 0 heterocycles. The largest absolute Gasteiger partial charge is 0.307 e. The molecule has 1 rings (SSSR count). The maximum Gasteiger partial charge on any atom is 0.129 e. The van der Waals surface area contributed by atoms with Crippen LogP contribution in [-0.2, 0) is 31.7 Å². The zero-order valence-electron chi connectivity index (χ0n) is 9.36. The van der Waals surface area contributed by atoms with Crippen LogP contribution in [0.2, 0.25) is 0 Å². The Balaban J connectivity index is -0.0000000900. The first kappa shape index (κ1) is 24.1. The summed E-state index contributed by atoms with van der Waals surface area (Å²) in [5.41, 5.74) is 1.44. The van der Waals surface area contributed by atoms with Crippen molar-refractivity contribution >= 4 is 20.4 Å². The predicted molar refractivity (Wildman–Crippen MR) is 57.2 cm³/mol. The molecule has 16 heavy (non-hydrogen) atoms. The van der Waals surface area contributed by atoms with E-state index in [1.165, 1.54) is 0 Å². The summed E-state index contributed by atoms with van der Waals surface area (Å²) in [6.07, 6.45) is 0. The third-order valence-electron chi connectivity index (χ3n) is 1.38. The predicted octanol–water partition coefficient (Wildman–Crippen LogP) is 1.89. The summed E-state index contributed by atoms with van der Waals surface area (Å²) in [6.45, 7) is 9.53. The molecule has 1 aromatic rings. The third-order valence-corrected chi connectivity index (χ3v) is 1.38. The zero-order chi connectivity index (χ0) is 12.9. The van der Waals surface area contributed by atoms with Crippen molar-refractivity contribution < 1.29 is 36.1 Å². The van der Waals surface area contributed by atoms with E-state index in [-0.39, 0.29) is 23.2 Å². The van der Waals surface area contributed by atoms with Gasteiger partial charge in [-0.3, -0.25) is 0 Å². The normalized spacial score (nSPS) is 6.19. The molecule has 0 bridgehead atoms. The summed E-state index contributed by atoms with van der Waals surface area (Å²) in [6, 6.07) is 5.39. The Morgan fingerprint density at radius 1 is 0.875 bits per heavy atom. The van der Waals surface area contributed by atoms with Crippen molar-refractivity contribution in [3.05, 3.63) is 35.1 Å². The molecule has 0 saturated carbocycles. The average Bonchev–Trinajstić information content (AvgIpc) is 2.34. The van der Waals surface area contributed by atoms with Gasteiger partial charge in [-0.15, -0.1) is 0 Å². The number of carbonyl (C=O) groups excluding carboxylic acids is 3. The van der Waals surface area contributed by atoms with Gasteiger partial charge in [-0.25, -0.2) is 4.39 Å². The number of carbonyl (C=O) groups is 3. The van der Waals surface area contributed by atoms with Crippen molar-refractivity contribution in [2.24, 2.45) is 0 Å². The fraction of sp³-hybridized carbons (Fsp3) is 0.182. The topological polar surface area (TPSA) is 51.2 Å². The Morgan fingerprint density at radius 2 is 1.12 bits per heavy atom. The summed E-state index contributed by atoms with van der Waals surface area (Å²) in [5, 5.41) is 0. The molecule has 0 aromatic heterocycles. The van der Waals surface area contributed by atoms with Crippen LogP contribution in [-0.4, -0.2) is 20.4 Å². The van der Waals surface area contributed by atoms with E-state index in [4.69, 9.17) is 14.4 Å². The molecule has 5 heteroatoms. The maximum absolute atomic E-state index is 12.7. The standard InChI is InChI=1S/C8H9F.3CH2O.Cr/c1-6-4-3-5-7(2)8(6)9;3*1-2;/h3-5H,1-2H3;3*1H2;. The van der Waals surface area contributed by atoms with Gasteiger partial charge in [0.1, 0.15) is 26.2 Å². The van der Waals surface area contributed by atoms with E-state index in [1.54, 1.807) is 26.0 Å². The second kappa shape index (κ2) is 19.3. The molecule has 90 valence electrons. The first-order chi connectivity index (χ1) is 7.22. The summed E-state index contributed by atoms with van der Waals surface area (Å²) in [5.74, 6) is -0.0856. The van der Waals surface area contributed by atoms with Gasteiger partial charge in [0.05, 0.1) is 0 Å². The first-order valence-electron chi connectivity index (χ1n) is 3.80. The molecule has 0 unspecified atom stereocenters. The van der Waals surface area contributed by atoms with Crippen LogP contribution in [0.25, 0.3) is 0 Å². The quantitative estimate of drug-likeness (QED) is 0.720. The van der Waals surface area contributed by atoms with Crippen molar-refractivity contribution in [2.45, 2.75) is 13.8 Å². The third kappa shape index (κ3) is 10.8. The number of hydrogen-bond acceptors (Lipinski definition) is 3. The Bertz CT molecular complexity index is 244. The van der Waals surface area contributed by atoms with Gasteiger partial charge in [0.25, 0.3) is 0 Å². The summed E-state index contributed by atoms with van der Waals surface area (Å²) >= 11 is 0. The molecule has 0 N–H and O–H groups in total. The van der Waals surface area contributed by atoms with E-state index in [0.29, 0.717) is 0 Å². The molecule has 0 radical (unpaired) electrons. The van der Waals surface area contributed by atoms with E-state index in [9.17, 15) is 4.39 Å². The van der Waals surface area contributed by atoms with Gasteiger partial charge in [0.15, 0.2) is 0 Å². The van der Waals surface area contributed by atoms with Crippen molar-refractivity contribution in [3.8, 4) is 0 Å². The van der Waals surface area contributed by atoms with E-state index < -0.39 is 0 Å². The smallest absolute Gasteiger partial charge is 0.129 e. The van der Waals surface area contributed by atoms with Gasteiger partial charge < -0.3 is 14.4 Å². The van der Waals surface area contributed by atoms with Crippen molar-refractivity contribution in [3.63, 3.8) is 0 Å². The van der Waals surface area contributed by atoms with Crippen LogP contribution < -0.4 is 0 Å². The van der Waals surface area contributed by atoms with Crippen LogP contribution in [0.15, 0.2) is 18.2 Å². The second-order valence-corrected chi connectivity index (χ2v) is 2.21. The van der Waals surface area contributed by atoms with Crippen LogP contribution >= 0.6 is 0 Å². The fourth-order valence-corrected chi connectivity index (χ4v) is 0.794. The SMILES string of the molecule is C=O.C=O.C=O.Cc1cccc(C)c1F.[Cr]. The van der Waals surface area contributed by atoms with Crippen LogP contribution in [0.5, 0.6) is 0 Å². The van der Waals surface area contributed by atoms with E-state index in [0.717, 1.165) is 11.1 Å². The minimum absolute atomic E-state index is 0. The van der Waals surface area contributed by atoms with Crippen LogP contribution in [0.3, 0.4) is 0 Å². The zero-order valence-corrected chi connectivity index (χ0v) is 10.6. The van der Waals surface area contributed by atoms with E-state index in [2.05, 4.69) is 0 Å². The van der Waals surface area contributed by atoms with Gasteiger partial charge in [-0.2, -0.15) is 0 Å². The molecule has 1 aromatic carbocycles. The number of aryl methyl sites for hydroxylation is 2. The van der Waals surface area contributed by atoms with Gasteiger partial charge in [0, 0.05) is 17.4 Å². The Labute approximate surface area is 106 Å². The Hall–Kier alpha value is -1.31. The van der Waals surface area contributed by atoms with Gasteiger partial charge in [0.2, 0.25) is 0 Å². The monoisotopic (exact) mass is 266 g/mol. The van der Waals surface area contributed by atoms with Crippen LogP contribution in [0, 0.1) is 19.7 Å². The molecule has 0 aliphatic carbocycles. The first-order valence-corrected chi connectivity index (χ1v) is 3.80. The maximum atomic E-state index is 12.7. The number of halogens is 1. The fourth-order valence-electron chi connectivity index (χ4n) is 0.794. The summed E-state index contributed by atoms with van der Waals surface area (Å²) in [4.78, 5) is 24.0. The van der Waals surface area contributed by atoms with Crippen LogP contribution in [0.4, 0.5) is 4.39 Å². The molecular formula is C11H15CrFO3. The Morgan fingerprint density at radius 3 is 1.31 bits per heavy atom. The molecule has 0 amide bonds. The molecule has 0 spiro atoms. The van der Waals surface area contributed by atoms with Crippen molar-refractivity contribution in [1.29, 1.82) is 0 Å². The molecule has 0 atom stereocenters. The second-order valence-electron chi connectivity index (χ2n) is 2.21. The molecule has 0 aliphatic rings. The van der Waals surface area contributed by atoms with Crippen molar-refractivity contribution in [2.75, 3.05) is 0 Å². The molecule has 0 aliphatic heterocycles. The molecule has 0 fully saturated rings. The Kier molecular flexibility index (Phi) is 29.1. The summed E-state index contributed by atoms with van der Waals surface area (Å²) in [7, 11) is 0. The molecular weight excluding hydrogens is 251 g/mol. The summed E-state index contributed by atoms with van der Waals surface area (Å²) < 4.78 is 12.7. The van der Waals surface area contributed by atoms with Crippen molar-refractivity contribution in [1.82, 2.24) is 0 Å². The molecule has 3 nitrogen and oxygen atoms in total. The van der Waals surface area contributed by atoms with Gasteiger partial charge in [-0.05, 0) is 25.0 Å². The number of rotatable bonds is 0. The minimum atomic E-state index is -0.0856. The molecule has 0 saturated heterocycles. The van der Waals surface area contributed by atoms with Crippen LogP contribution in [0.1, 0.15) is 11.1 Å². The van der Waals surface area contributed by atoms with E-state index >= 15 is 0 Å². The van der Waals surface area contributed by atoms with Gasteiger partial charge in [-0.1, -0.05) is 18.2 Å². The average molecular weight is 266 g/mol. The number of benzene rings is 1. The van der Waals surface area contributed by atoms with Gasteiger partial charge >= 0.3 is 0 Å².